The molecule has 1 N–H and O–H groups in total. The monoisotopic (exact) mass is 269 g/mol. The maximum Gasteiger partial charge on any atom is 0.410 e. The zero-order valence-corrected chi connectivity index (χ0v) is 10.9. The molecule has 2 rings (SSSR count). The molecule has 0 radical (unpaired) electrons. The molecule has 2 heterocycles. The van der Waals surface area contributed by atoms with Crippen LogP contribution in [0.1, 0.15) is 26.2 Å². The van der Waals surface area contributed by atoms with Crippen molar-refractivity contribution in [2.24, 2.45) is 0 Å². The summed E-state index contributed by atoms with van der Waals surface area (Å²) in [6.45, 7) is 5.60. The van der Waals surface area contributed by atoms with Crippen LogP contribution in [-0.2, 0) is 14.3 Å². The van der Waals surface area contributed by atoms with Crippen LogP contribution in [0, 0.1) is 0 Å². The van der Waals surface area contributed by atoms with E-state index in [1.165, 1.54) is 6.08 Å². The second-order valence-corrected chi connectivity index (χ2v) is 5.00. The smallest absolute Gasteiger partial charge is 0.410 e. The maximum atomic E-state index is 12.0. The number of aliphatic carboxylic acids is 1. The zero-order chi connectivity index (χ0) is 14.0. The average molecular weight is 269 g/mol. The van der Waals surface area contributed by atoms with Crippen LogP contribution in [0.3, 0.4) is 0 Å². The van der Waals surface area contributed by atoms with Crippen molar-refractivity contribution in [1.29, 1.82) is 0 Å². The molecular weight excluding hydrogens is 250 g/mol. The van der Waals surface area contributed by atoms with E-state index in [2.05, 4.69) is 6.58 Å². The predicted molar refractivity (Wildman–Crippen MR) is 66.8 cm³/mol. The van der Waals surface area contributed by atoms with E-state index in [9.17, 15) is 9.59 Å². The van der Waals surface area contributed by atoms with E-state index >= 15 is 0 Å². The normalized spacial score (nSPS) is 33.6. The lowest BCUT2D eigenvalue weighted by atomic mass is 9.93. The van der Waals surface area contributed by atoms with Gasteiger partial charge in [-0.25, -0.2) is 9.59 Å². The number of likely N-dealkylation sites (tertiary alicyclic amines) is 1. The van der Waals surface area contributed by atoms with Gasteiger partial charge in [-0.15, -0.1) is 0 Å². The standard InChI is InChI=1S/C13H19NO5/c1-3-6-18-13(17)14-8(2)4-5-10-9(14)7-11(19-10)12(15)16/h3,8-11H,1,4-7H2,2H3,(H,15,16). The van der Waals surface area contributed by atoms with E-state index in [0.717, 1.165) is 12.8 Å². The number of carboxylic acid groups (broad SMARTS) is 1. The van der Waals surface area contributed by atoms with Crippen molar-refractivity contribution in [3.63, 3.8) is 0 Å². The third kappa shape index (κ3) is 2.73. The average Bonchev–Trinajstić information content (AvgIpc) is 2.79. The molecule has 4 unspecified atom stereocenters. The molecule has 0 aliphatic carbocycles. The molecule has 0 bridgehead atoms. The summed E-state index contributed by atoms with van der Waals surface area (Å²) < 4.78 is 10.6. The van der Waals surface area contributed by atoms with Crippen molar-refractivity contribution < 1.29 is 24.2 Å². The van der Waals surface area contributed by atoms with Crippen LogP contribution in [0.25, 0.3) is 0 Å². The van der Waals surface area contributed by atoms with Gasteiger partial charge in [0.2, 0.25) is 0 Å². The Morgan fingerprint density at radius 1 is 1.53 bits per heavy atom. The Kier molecular flexibility index (Phi) is 4.09. The number of piperidine rings is 1. The van der Waals surface area contributed by atoms with Gasteiger partial charge in [-0.1, -0.05) is 12.7 Å². The molecule has 2 saturated heterocycles. The number of hydrogen-bond acceptors (Lipinski definition) is 4. The number of hydrogen-bond donors (Lipinski definition) is 1. The molecule has 0 aromatic rings. The van der Waals surface area contributed by atoms with Crippen LogP contribution in [0.2, 0.25) is 0 Å². The first-order valence-corrected chi connectivity index (χ1v) is 6.48. The third-order valence-corrected chi connectivity index (χ3v) is 3.74. The molecule has 6 nitrogen and oxygen atoms in total. The number of carbonyl (C=O) groups is 2. The topological polar surface area (TPSA) is 76.1 Å². The molecule has 0 spiro atoms. The van der Waals surface area contributed by atoms with Gasteiger partial charge in [0.25, 0.3) is 0 Å². The van der Waals surface area contributed by atoms with Gasteiger partial charge in [0.15, 0.2) is 6.10 Å². The SMILES string of the molecule is C=CCOC(=O)N1C(C)CCC2OC(C(=O)O)CC21. The van der Waals surface area contributed by atoms with Crippen molar-refractivity contribution >= 4 is 12.1 Å². The van der Waals surface area contributed by atoms with Gasteiger partial charge in [-0.2, -0.15) is 0 Å². The summed E-state index contributed by atoms with van der Waals surface area (Å²) in [6, 6.07) is -0.170. The predicted octanol–water partition coefficient (Wildman–Crippen LogP) is 1.40. The van der Waals surface area contributed by atoms with Crippen LogP contribution in [0.5, 0.6) is 0 Å². The van der Waals surface area contributed by atoms with E-state index < -0.39 is 18.2 Å². The van der Waals surface area contributed by atoms with Gasteiger partial charge in [-0.3, -0.25) is 4.90 Å². The van der Waals surface area contributed by atoms with E-state index in [4.69, 9.17) is 14.6 Å². The number of nitrogens with zero attached hydrogens (tertiary/aromatic N) is 1. The summed E-state index contributed by atoms with van der Waals surface area (Å²) >= 11 is 0. The molecule has 0 saturated carbocycles. The Balaban J connectivity index is 2.09. The van der Waals surface area contributed by atoms with Crippen molar-refractivity contribution in [3.8, 4) is 0 Å². The summed E-state index contributed by atoms with van der Waals surface area (Å²) in [5.41, 5.74) is 0. The van der Waals surface area contributed by atoms with E-state index in [1.807, 2.05) is 6.92 Å². The molecular formula is C13H19NO5. The summed E-state index contributed by atoms with van der Waals surface area (Å²) in [4.78, 5) is 24.7. The molecule has 2 aliphatic heterocycles. The Bertz CT molecular complexity index is 383. The molecule has 2 fully saturated rings. The van der Waals surface area contributed by atoms with Crippen molar-refractivity contribution in [2.45, 2.75) is 50.5 Å². The number of carboxylic acids is 1. The molecule has 1 amide bonds. The minimum atomic E-state index is -0.971. The van der Waals surface area contributed by atoms with Crippen LogP contribution >= 0.6 is 0 Å². The second kappa shape index (κ2) is 5.61. The Hall–Kier alpha value is -1.56. The minimum absolute atomic E-state index is 0.0368. The van der Waals surface area contributed by atoms with Gasteiger partial charge in [-0.05, 0) is 19.8 Å². The maximum absolute atomic E-state index is 12.0. The first-order chi connectivity index (χ1) is 9.04. The molecule has 0 aromatic heterocycles. The number of carbonyl (C=O) groups excluding carboxylic acids is 1. The summed E-state index contributed by atoms with van der Waals surface area (Å²) in [5.74, 6) is -0.971. The highest BCUT2D eigenvalue weighted by Crippen LogP contribution is 2.35. The first-order valence-electron chi connectivity index (χ1n) is 6.48. The lowest BCUT2D eigenvalue weighted by Gasteiger charge is -2.40. The number of rotatable bonds is 3. The summed E-state index contributed by atoms with van der Waals surface area (Å²) in [5, 5.41) is 9.02. The van der Waals surface area contributed by atoms with Gasteiger partial charge >= 0.3 is 12.1 Å². The van der Waals surface area contributed by atoms with Gasteiger partial charge in [0.1, 0.15) is 6.61 Å². The van der Waals surface area contributed by atoms with Crippen molar-refractivity contribution in [2.75, 3.05) is 6.61 Å². The molecule has 4 atom stereocenters. The van der Waals surface area contributed by atoms with Gasteiger partial charge < -0.3 is 14.6 Å². The Labute approximate surface area is 112 Å². The van der Waals surface area contributed by atoms with E-state index in [1.54, 1.807) is 4.90 Å². The van der Waals surface area contributed by atoms with Crippen LogP contribution in [0.15, 0.2) is 12.7 Å². The summed E-state index contributed by atoms with van der Waals surface area (Å²) in [7, 11) is 0. The highest BCUT2D eigenvalue weighted by atomic mass is 16.6. The number of fused-ring (bicyclic) bond motifs is 1. The Morgan fingerprint density at radius 3 is 2.89 bits per heavy atom. The van der Waals surface area contributed by atoms with Crippen LogP contribution in [-0.4, -0.2) is 53.0 Å². The lowest BCUT2D eigenvalue weighted by molar-refractivity contribution is -0.149. The number of amides is 1. The summed E-state index contributed by atoms with van der Waals surface area (Å²) in [6.07, 6.45) is 1.96. The van der Waals surface area contributed by atoms with Crippen LogP contribution < -0.4 is 0 Å². The fourth-order valence-electron chi connectivity index (χ4n) is 2.83. The number of ether oxygens (including phenoxy) is 2. The van der Waals surface area contributed by atoms with Crippen molar-refractivity contribution in [3.05, 3.63) is 12.7 Å². The fourth-order valence-corrected chi connectivity index (χ4v) is 2.83. The van der Waals surface area contributed by atoms with E-state index in [-0.39, 0.29) is 24.8 Å². The second-order valence-electron chi connectivity index (χ2n) is 5.00. The van der Waals surface area contributed by atoms with Gasteiger partial charge in [0, 0.05) is 12.5 Å². The Morgan fingerprint density at radius 2 is 2.26 bits per heavy atom. The van der Waals surface area contributed by atoms with E-state index in [0.29, 0.717) is 6.42 Å². The molecule has 2 aliphatic rings. The fraction of sp³-hybridized carbons (Fsp3) is 0.692. The molecule has 0 aromatic carbocycles. The zero-order valence-electron chi connectivity index (χ0n) is 10.9. The highest BCUT2D eigenvalue weighted by Gasteiger charge is 2.47. The van der Waals surface area contributed by atoms with Crippen molar-refractivity contribution in [1.82, 2.24) is 4.90 Å². The quantitative estimate of drug-likeness (QED) is 0.784. The molecule has 19 heavy (non-hydrogen) atoms. The van der Waals surface area contributed by atoms with Crippen LogP contribution in [0.4, 0.5) is 4.79 Å². The van der Waals surface area contributed by atoms with Gasteiger partial charge in [0.05, 0.1) is 12.1 Å². The largest absolute Gasteiger partial charge is 0.479 e. The minimum Gasteiger partial charge on any atom is -0.479 e. The lowest BCUT2D eigenvalue weighted by Crippen LogP contribution is -2.53. The third-order valence-electron chi connectivity index (χ3n) is 3.74. The first kappa shape index (κ1) is 13.9. The highest BCUT2D eigenvalue weighted by molar-refractivity contribution is 5.73. The molecule has 6 heteroatoms. The molecule has 106 valence electrons.